The van der Waals surface area contributed by atoms with Crippen LogP contribution in [0.2, 0.25) is 0 Å². The number of ether oxygens (including phenoxy) is 1. The van der Waals surface area contributed by atoms with Crippen LogP contribution in [0, 0.1) is 11.7 Å². The molecule has 0 spiro atoms. The van der Waals surface area contributed by atoms with E-state index in [2.05, 4.69) is 17.0 Å². The molecule has 0 aliphatic heterocycles. The Bertz CT molecular complexity index is 843. The number of aryl methyl sites for hydroxylation is 2. The SMILES string of the molecule is CCOc1ccccc1-n1c(=S)[nH]c2c(C)nn(CC)c21. The lowest BCUT2D eigenvalue weighted by Gasteiger charge is -2.12. The molecule has 0 fully saturated rings. The molecular formula is C15H18N4OS. The molecule has 2 heterocycles. The third-order valence-electron chi connectivity index (χ3n) is 3.45. The number of hydrogen-bond acceptors (Lipinski definition) is 3. The summed E-state index contributed by atoms with van der Waals surface area (Å²) < 4.78 is 10.3. The lowest BCUT2D eigenvalue weighted by molar-refractivity contribution is 0.339. The van der Waals surface area contributed by atoms with Gasteiger partial charge in [-0.05, 0) is 45.1 Å². The first-order valence-corrected chi connectivity index (χ1v) is 7.48. The van der Waals surface area contributed by atoms with E-state index in [0.717, 1.165) is 34.8 Å². The Morgan fingerprint density at radius 1 is 1.29 bits per heavy atom. The van der Waals surface area contributed by atoms with Crippen molar-refractivity contribution in [3.63, 3.8) is 0 Å². The minimum Gasteiger partial charge on any atom is -0.492 e. The van der Waals surface area contributed by atoms with Crippen LogP contribution in [0.4, 0.5) is 0 Å². The average molecular weight is 302 g/mol. The van der Waals surface area contributed by atoms with Crippen LogP contribution in [0.3, 0.4) is 0 Å². The third-order valence-corrected chi connectivity index (χ3v) is 3.74. The van der Waals surface area contributed by atoms with Gasteiger partial charge in [-0.3, -0.25) is 4.57 Å². The summed E-state index contributed by atoms with van der Waals surface area (Å²) in [6.45, 7) is 7.43. The average Bonchev–Trinajstić information content (AvgIpc) is 2.97. The Morgan fingerprint density at radius 3 is 2.76 bits per heavy atom. The molecule has 0 amide bonds. The van der Waals surface area contributed by atoms with E-state index < -0.39 is 0 Å². The van der Waals surface area contributed by atoms with Crippen LogP contribution in [0.1, 0.15) is 19.5 Å². The largest absolute Gasteiger partial charge is 0.492 e. The van der Waals surface area contributed by atoms with Crippen molar-refractivity contribution in [1.82, 2.24) is 19.3 Å². The van der Waals surface area contributed by atoms with Gasteiger partial charge in [-0.1, -0.05) is 12.1 Å². The maximum absolute atomic E-state index is 5.73. The molecule has 1 aromatic carbocycles. The van der Waals surface area contributed by atoms with Crippen molar-refractivity contribution in [3.05, 3.63) is 34.7 Å². The van der Waals surface area contributed by atoms with E-state index >= 15 is 0 Å². The number of aromatic nitrogens is 4. The van der Waals surface area contributed by atoms with E-state index in [9.17, 15) is 0 Å². The normalized spacial score (nSPS) is 11.2. The fourth-order valence-corrected chi connectivity index (χ4v) is 2.85. The van der Waals surface area contributed by atoms with Crippen LogP contribution in [-0.4, -0.2) is 25.9 Å². The van der Waals surface area contributed by atoms with Gasteiger partial charge in [0, 0.05) is 6.54 Å². The molecule has 6 heteroatoms. The van der Waals surface area contributed by atoms with Crippen molar-refractivity contribution < 1.29 is 4.74 Å². The van der Waals surface area contributed by atoms with Crippen LogP contribution >= 0.6 is 12.2 Å². The lowest BCUT2D eigenvalue weighted by atomic mass is 10.3. The second-order valence-corrected chi connectivity index (χ2v) is 5.15. The van der Waals surface area contributed by atoms with Gasteiger partial charge in [0.25, 0.3) is 0 Å². The molecule has 1 N–H and O–H groups in total. The van der Waals surface area contributed by atoms with Crippen molar-refractivity contribution in [2.24, 2.45) is 0 Å². The van der Waals surface area contributed by atoms with Gasteiger partial charge in [-0.25, -0.2) is 4.68 Å². The minimum atomic E-state index is 0.615. The molecule has 3 rings (SSSR count). The summed E-state index contributed by atoms with van der Waals surface area (Å²) in [5, 5.41) is 4.55. The molecule has 0 atom stereocenters. The van der Waals surface area contributed by atoms with Gasteiger partial charge in [0.1, 0.15) is 11.3 Å². The summed E-state index contributed by atoms with van der Waals surface area (Å²) in [4.78, 5) is 3.26. The summed E-state index contributed by atoms with van der Waals surface area (Å²) in [5.41, 5.74) is 3.84. The molecule has 0 aliphatic rings. The zero-order chi connectivity index (χ0) is 15.0. The van der Waals surface area contributed by atoms with E-state index in [1.165, 1.54) is 0 Å². The maximum Gasteiger partial charge on any atom is 0.184 e. The number of para-hydroxylation sites is 2. The first-order chi connectivity index (χ1) is 10.2. The second-order valence-electron chi connectivity index (χ2n) is 4.77. The molecule has 21 heavy (non-hydrogen) atoms. The lowest BCUT2D eigenvalue weighted by Crippen LogP contribution is -2.05. The molecule has 110 valence electrons. The predicted octanol–water partition coefficient (Wildman–Crippen LogP) is 3.61. The molecule has 0 unspecified atom stereocenters. The number of imidazole rings is 1. The Hall–Kier alpha value is -2.08. The number of rotatable bonds is 4. The van der Waals surface area contributed by atoms with Gasteiger partial charge >= 0.3 is 0 Å². The number of nitrogens with one attached hydrogen (secondary N) is 1. The van der Waals surface area contributed by atoms with Gasteiger partial charge in [-0.15, -0.1) is 0 Å². The second kappa shape index (κ2) is 5.37. The highest BCUT2D eigenvalue weighted by molar-refractivity contribution is 7.71. The number of fused-ring (bicyclic) bond motifs is 1. The summed E-state index contributed by atoms with van der Waals surface area (Å²) in [6.07, 6.45) is 0. The summed E-state index contributed by atoms with van der Waals surface area (Å²) >= 11 is 5.51. The third kappa shape index (κ3) is 2.15. The highest BCUT2D eigenvalue weighted by atomic mass is 32.1. The number of nitrogens with zero attached hydrogens (tertiary/aromatic N) is 3. The zero-order valence-electron chi connectivity index (χ0n) is 12.4. The molecule has 0 radical (unpaired) electrons. The van der Waals surface area contributed by atoms with E-state index in [1.807, 2.05) is 47.4 Å². The molecule has 2 aromatic heterocycles. The Labute approximate surface area is 128 Å². The molecule has 0 bridgehead atoms. The molecule has 0 aliphatic carbocycles. The topological polar surface area (TPSA) is 47.8 Å². The highest BCUT2D eigenvalue weighted by Gasteiger charge is 2.17. The number of benzene rings is 1. The van der Waals surface area contributed by atoms with Crippen LogP contribution in [0.25, 0.3) is 16.9 Å². The van der Waals surface area contributed by atoms with Crippen molar-refractivity contribution >= 4 is 23.4 Å². The van der Waals surface area contributed by atoms with E-state index in [4.69, 9.17) is 17.0 Å². The molecular weight excluding hydrogens is 284 g/mol. The number of aromatic amines is 1. The summed E-state index contributed by atoms with van der Waals surface area (Å²) in [5.74, 6) is 0.818. The van der Waals surface area contributed by atoms with Crippen molar-refractivity contribution in [3.8, 4) is 11.4 Å². The van der Waals surface area contributed by atoms with Crippen LogP contribution in [-0.2, 0) is 6.54 Å². The Kier molecular flexibility index (Phi) is 3.55. The van der Waals surface area contributed by atoms with Gasteiger partial charge in [0.05, 0.1) is 18.0 Å². The van der Waals surface area contributed by atoms with Gasteiger partial charge in [0.2, 0.25) is 0 Å². The molecule has 5 nitrogen and oxygen atoms in total. The van der Waals surface area contributed by atoms with Crippen LogP contribution in [0.15, 0.2) is 24.3 Å². The van der Waals surface area contributed by atoms with Crippen molar-refractivity contribution in [2.75, 3.05) is 6.61 Å². The predicted molar refractivity (Wildman–Crippen MR) is 85.8 cm³/mol. The Balaban J connectivity index is 2.35. The maximum atomic E-state index is 5.73. The van der Waals surface area contributed by atoms with Gasteiger partial charge in [0.15, 0.2) is 10.4 Å². The summed E-state index contributed by atoms with van der Waals surface area (Å²) in [6, 6.07) is 7.91. The molecule has 0 saturated heterocycles. The van der Waals surface area contributed by atoms with E-state index in [1.54, 1.807) is 0 Å². The number of H-pyrrole nitrogens is 1. The molecule has 0 saturated carbocycles. The van der Waals surface area contributed by atoms with Crippen LogP contribution in [0.5, 0.6) is 5.75 Å². The van der Waals surface area contributed by atoms with Gasteiger partial charge < -0.3 is 9.72 Å². The fraction of sp³-hybridized carbons (Fsp3) is 0.333. The van der Waals surface area contributed by atoms with Crippen molar-refractivity contribution in [1.29, 1.82) is 0 Å². The number of hydrogen-bond donors (Lipinski definition) is 1. The van der Waals surface area contributed by atoms with E-state index in [-0.39, 0.29) is 0 Å². The van der Waals surface area contributed by atoms with Crippen molar-refractivity contribution in [2.45, 2.75) is 27.3 Å². The zero-order valence-corrected chi connectivity index (χ0v) is 13.2. The molecule has 3 aromatic rings. The first kappa shape index (κ1) is 13.9. The van der Waals surface area contributed by atoms with Gasteiger partial charge in [-0.2, -0.15) is 5.10 Å². The van der Waals surface area contributed by atoms with Crippen LogP contribution < -0.4 is 4.74 Å². The first-order valence-electron chi connectivity index (χ1n) is 7.07. The summed E-state index contributed by atoms with van der Waals surface area (Å²) in [7, 11) is 0. The fourth-order valence-electron chi connectivity index (χ4n) is 2.57. The highest BCUT2D eigenvalue weighted by Crippen LogP contribution is 2.28. The Morgan fingerprint density at radius 2 is 2.05 bits per heavy atom. The minimum absolute atomic E-state index is 0.615. The standard InChI is InChI=1S/C15H18N4OS/c1-4-18-14-13(10(3)17-18)16-15(21)19(14)11-8-6-7-9-12(11)20-5-2/h6-9H,4-5H2,1-3H3,(H,16,21). The quantitative estimate of drug-likeness (QED) is 0.749. The smallest absolute Gasteiger partial charge is 0.184 e. The monoisotopic (exact) mass is 302 g/mol. The van der Waals surface area contributed by atoms with E-state index in [0.29, 0.717) is 11.4 Å².